The molecule has 0 bridgehead atoms. The van der Waals surface area contributed by atoms with Crippen molar-refractivity contribution >= 4 is 46.1 Å². The van der Waals surface area contributed by atoms with Gasteiger partial charge in [0.1, 0.15) is 0 Å². The van der Waals surface area contributed by atoms with Gasteiger partial charge in [0.2, 0.25) is 0 Å². The lowest BCUT2D eigenvalue weighted by atomic mass is 10.1. The van der Waals surface area contributed by atoms with E-state index in [9.17, 15) is 0 Å². The fourth-order valence-corrected chi connectivity index (χ4v) is 4.41. The van der Waals surface area contributed by atoms with Crippen LogP contribution in [0.15, 0.2) is 24.3 Å². The van der Waals surface area contributed by atoms with Crippen LogP contribution in [0, 0.1) is 0 Å². The molecule has 1 unspecified atom stereocenters. The first kappa shape index (κ1) is 15.1. The predicted molar refractivity (Wildman–Crippen MR) is 86.9 cm³/mol. The van der Waals surface area contributed by atoms with Gasteiger partial charge in [0.05, 0.1) is 10.0 Å². The Labute approximate surface area is 132 Å². The Balaban J connectivity index is 2.43. The van der Waals surface area contributed by atoms with Gasteiger partial charge in [-0.15, -0.1) is 11.3 Å². The third kappa shape index (κ3) is 3.26. The van der Waals surface area contributed by atoms with Crippen molar-refractivity contribution in [3.63, 3.8) is 0 Å². The van der Waals surface area contributed by atoms with E-state index in [1.807, 2.05) is 7.05 Å². The summed E-state index contributed by atoms with van der Waals surface area (Å²) >= 11 is 20.1. The second-order valence-corrected chi connectivity index (χ2v) is 6.56. The van der Waals surface area contributed by atoms with Gasteiger partial charge >= 0.3 is 0 Å². The van der Waals surface area contributed by atoms with E-state index in [2.05, 4.69) is 24.4 Å². The summed E-state index contributed by atoms with van der Waals surface area (Å²) in [6.45, 7) is 2.16. The highest BCUT2D eigenvalue weighted by Gasteiger charge is 2.15. The Morgan fingerprint density at radius 1 is 1.16 bits per heavy atom. The molecule has 0 radical (unpaired) electrons. The van der Waals surface area contributed by atoms with E-state index in [-0.39, 0.29) is 0 Å². The summed E-state index contributed by atoms with van der Waals surface area (Å²) < 4.78 is 0. The molecule has 19 heavy (non-hydrogen) atoms. The molecule has 1 aromatic heterocycles. The summed E-state index contributed by atoms with van der Waals surface area (Å²) in [7, 11) is 1.97. The van der Waals surface area contributed by atoms with Gasteiger partial charge in [-0.25, -0.2) is 0 Å². The second-order valence-electron chi connectivity index (χ2n) is 4.20. The first-order chi connectivity index (χ1) is 9.06. The molecule has 0 saturated carbocycles. The molecule has 0 aliphatic carbocycles. The van der Waals surface area contributed by atoms with E-state index < -0.39 is 0 Å². The zero-order valence-electron chi connectivity index (χ0n) is 10.6. The van der Waals surface area contributed by atoms with Crippen LogP contribution in [-0.2, 0) is 0 Å². The molecule has 102 valence electrons. The molecule has 0 saturated heterocycles. The highest BCUT2D eigenvalue weighted by Crippen LogP contribution is 2.41. The van der Waals surface area contributed by atoms with Crippen LogP contribution in [0.1, 0.15) is 24.3 Å². The number of hydrogen-bond acceptors (Lipinski definition) is 2. The summed E-state index contributed by atoms with van der Waals surface area (Å²) in [5, 5.41) is 5.02. The summed E-state index contributed by atoms with van der Waals surface area (Å²) in [4.78, 5) is 2.34. The van der Waals surface area contributed by atoms with E-state index in [1.165, 1.54) is 4.88 Å². The molecule has 0 aliphatic heterocycles. The van der Waals surface area contributed by atoms with Gasteiger partial charge < -0.3 is 5.32 Å². The molecule has 2 rings (SSSR count). The van der Waals surface area contributed by atoms with Crippen LogP contribution in [0.3, 0.4) is 0 Å². The first-order valence-electron chi connectivity index (χ1n) is 5.98. The van der Waals surface area contributed by atoms with Crippen molar-refractivity contribution in [2.24, 2.45) is 0 Å². The first-order valence-corrected chi connectivity index (χ1v) is 7.93. The predicted octanol–water partition coefficient (Wildman–Crippen LogP) is 6.05. The normalized spacial score (nSPS) is 12.7. The van der Waals surface area contributed by atoms with Gasteiger partial charge in [-0.05, 0) is 37.7 Å². The standard InChI is InChI=1S/C14H14Cl3NS/c1-3-11(18-2)12-4-5-13(19-12)14-9(16)6-8(15)7-10(14)17/h4-7,11,18H,3H2,1-2H3. The molecule has 1 atom stereocenters. The van der Waals surface area contributed by atoms with Gasteiger partial charge in [-0.1, -0.05) is 41.7 Å². The maximum atomic E-state index is 6.25. The van der Waals surface area contributed by atoms with Crippen LogP contribution in [-0.4, -0.2) is 7.05 Å². The van der Waals surface area contributed by atoms with E-state index in [4.69, 9.17) is 34.8 Å². The minimum Gasteiger partial charge on any atom is -0.312 e. The van der Waals surface area contributed by atoms with Gasteiger partial charge in [0.15, 0.2) is 0 Å². The minimum atomic E-state index is 0.364. The maximum Gasteiger partial charge on any atom is 0.0522 e. The average Bonchev–Trinajstić information content (AvgIpc) is 2.78. The highest BCUT2D eigenvalue weighted by atomic mass is 35.5. The molecule has 5 heteroatoms. The van der Waals surface area contributed by atoms with Crippen molar-refractivity contribution in [2.75, 3.05) is 7.05 Å². The summed E-state index contributed by atoms with van der Waals surface area (Å²) in [5.74, 6) is 0. The van der Waals surface area contributed by atoms with Crippen molar-refractivity contribution in [3.05, 3.63) is 44.2 Å². The lowest BCUT2D eigenvalue weighted by molar-refractivity contribution is 0.586. The van der Waals surface area contributed by atoms with Crippen LogP contribution < -0.4 is 5.32 Å². The minimum absolute atomic E-state index is 0.364. The summed E-state index contributed by atoms with van der Waals surface area (Å²) in [5.41, 5.74) is 0.856. The maximum absolute atomic E-state index is 6.25. The van der Waals surface area contributed by atoms with Crippen molar-refractivity contribution < 1.29 is 0 Å². The quantitative estimate of drug-likeness (QED) is 0.718. The van der Waals surface area contributed by atoms with Crippen LogP contribution in [0.2, 0.25) is 15.1 Å². The topological polar surface area (TPSA) is 12.0 Å². The van der Waals surface area contributed by atoms with E-state index >= 15 is 0 Å². The second kappa shape index (κ2) is 6.47. The molecule has 0 amide bonds. The Kier molecular flexibility index (Phi) is 5.15. The molecule has 1 aromatic carbocycles. The molecule has 1 nitrogen and oxygen atoms in total. The number of halogens is 3. The summed E-state index contributed by atoms with van der Waals surface area (Å²) in [6.07, 6.45) is 1.04. The van der Waals surface area contributed by atoms with E-state index in [0.717, 1.165) is 16.9 Å². The highest BCUT2D eigenvalue weighted by molar-refractivity contribution is 7.15. The Morgan fingerprint density at radius 3 is 2.32 bits per heavy atom. The number of thiophene rings is 1. The molecule has 0 aliphatic rings. The van der Waals surface area contributed by atoms with Crippen LogP contribution in [0.4, 0.5) is 0 Å². The molecular formula is C14H14Cl3NS. The average molecular weight is 335 g/mol. The zero-order valence-corrected chi connectivity index (χ0v) is 13.7. The van der Waals surface area contributed by atoms with Crippen molar-refractivity contribution in [1.29, 1.82) is 0 Å². The van der Waals surface area contributed by atoms with Crippen LogP contribution >= 0.6 is 46.1 Å². The Hall–Kier alpha value is -0.250. The van der Waals surface area contributed by atoms with Crippen LogP contribution in [0.5, 0.6) is 0 Å². The SMILES string of the molecule is CCC(NC)c1ccc(-c2c(Cl)cc(Cl)cc2Cl)s1. The van der Waals surface area contributed by atoms with Crippen molar-refractivity contribution in [2.45, 2.75) is 19.4 Å². The van der Waals surface area contributed by atoms with Gasteiger partial charge in [0.25, 0.3) is 0 Å². The van der Waals surface area contributed by atoms with Gasteiger partial charge in [-0.2, -0.15) is 0 Å². The van der Waals surface area contributed by atoms with Gasteiger partial charge in [0, 0.05) is 26.4 Å². The lowest BCUT2D eigenvalue weighted by Crippen LogP contribution is -2.13. The lowest BCUT2D eigenvalue weighted by Gasteiger charge is -2.11. The fourth-order valence-electron chi connectivity index (χ4n) is 2.00. The van der Waals surface area contributed by atoms with Gasteiger partial charge in [-0.3, -0.25) is 0 Å². The fraction of sp³-hybridized carbons (Fsp3) is 0.286. The van der Waals surface area contributed by atoms with Crippen molar-refractivity contribution in [1.82, 2.24) is 5.32 Å². The molecule has 2 aromatic rings. The Bertz CT molecular complexity index is 553. The third-order valence-corrected chi connectivity index (χ3v) is 5.01. The van der Waals surface area contributed by atoms with Crippen LogP contribution in [0.25, 0.3) is 10.4 Å². The smallest absolute Gasteiger partial charge is 0.0522 e. The Morgan fingerprint density at radius 2 is 1.79 bits per heavy atom. The van der Waals surface area contributed by atoms with E-state index in [0.29, 0.717) is 21.1 Å². The number of hydrogen-bond donors (Lipinski definition) is 1. The molecule has 0 spiro atoms. The molecule has 1 N–H and O–H groups in total. The van der Waals surface area contributed by atoms with Crippen molar-refractivity contribution in [3.8, 4) is 10.4 Å². The summed E-state index contributed by atoms with van der Waals surface area (Å²) in [6, 6.07) is 7.98. The third-order valence-electron chi connectivity index (χ3n) is 2.98. The number of rotatable bonds is 4. The monoisotopic (exact) mass is 333 g/mol. The number of benzene rings is 1. The largest absolute Gasteiger partial charge is 0.312 e. The molecular weight excluding hydrogens is 321 g/mol. The number of nitrogens with one attached hydrogen (secondary N) is 1. The molecule has 0 fully saturated rings. The van der Waals surface area contributed by atoms with E-state index in [1.54, 1.807) is 23.5 Å². The zero-order chi connectivity index (χ0) is 14.0. The molecule has 1 heterocycles.